The standard InChI is InChI=1S/C12H14O16S2.2Na.2H/c13-7(14)3-5(11(19)20)29(23,24)27-9(17)1-2-10(18)28-30(25,26)6(12(21)22)4-8(15)16;;;;/h5-6H,1-4H2,(H,13,14)(H,15,16)(H,19,20)(H,21,22);;;;/q;2*+1;2*-1. The molecule has 32 heavy (non-hydrogen) atoms. The van der Waals surface area contributed by atoms with E-state index in [2.05, 4.69) is 8.37 Å². The minimum atomic E-state index is -5.28. The Morgan fingerprint density at radius 3 is 1.06 bits per heavy atom. The molecule has 2 unspecified atom stereocenters. The summed E-state index contributed by atoms with van der Waals surface area (Å²) in [5, 5.41) is 29.1. The largest absolute Gasteiger partial charge is 1.00 e. The zero-order chi connectivity index (χ0) is 23.9. The maximum absolute atomic E-state index is 11.6. The Hall–Kier alpha value is -1.28. The minimum absolute atomic E-state index is 0. The van der Waals surface area contributed by atoms with Gasteiger partial charge in [-0.25, -0.2) is 0 Å². The van der Waals surface area contributed by atoms with E-state index < -0.39 is 92.2 Å². The summed E-state index contributed by atoms with van der Waals surface area (Å²) in [6, 6.07) is 0. The molecule has 0 aromatic heterocycles. The van der Waals surface area contributed by atoms with Crippen molar-refractivity contribution in [2.24, 2.45) is 0 Å². The van der Waals surface area contributed by atoms with E-state index in [-0.39, 0.29) is 62.0 Å². The van der Waals surface area contributed by atoms with E-state index in [9.17, 15) is 45.6 Å². The predicted octanol–water partition coefficient (Wildman–Crippen LogP) is -8.40. The summed E-state index contributed by atoms with van der Waals surface area (Å²) in [6.45, 7) is 0. The molecule has 2 atom stereocenters. The first-order valence-corrected chi connectivity index (χ1v) is 10.2. The smallest absolute Gasteiger partial charge is 1.00 e. The molecule has 0 saturated carbocycles. The van der Waals surface area contributed by atoms with E-state index in [4.69, 9.17) is 20.4 Å². The average Bonchev–Trinajstić information content (AvgIpc) is 2.53. The number of hydrogen-bond donors (Lipinski definition) is 4. The minimum Gasteiger partial charge on any atom is -1.00 e. The van der Waals surface area contributed by atoms with Gasteiger partial charge in [0.2, 0.25) is 10.5 Å². The van der Waals surface area contributed by atoms with Gasteiger partial charge in [-0.3, -0.25) is 28.8 Å². The third-order valence-electron chi connectivity index (χ3n) is 2.92. The van der Waals surface area contributed by atoms with Crippen molar-refractivity contribution >= 4 is 56.1 Å². The second kappa shape index (κ2) is 14.8. The molecule has 0 aliphatic carbocycles. The van der Waals surface area contributed by atoms with Crippen LogP contribution in [0.15, 0.2) is 0 Å². The van der Waals surface area contributed by atoms with Crippen molar-refractivity contribution in [3.05, 3.63) is 0 Å². The molecular weight excluding hydrogens is 510 g/mol. The van der Waals surface area contributed by atoms with Gasteiger partial charge in [-0.1, -0.05) is 0 Å². The Balaban J connectivity index is -0.000000701. The molecule has 0 aliphatic rings. The van der Waals surface area contributed by atoms with E-state index in [1.54, 1.807) is 0 Å². The van der Waals surface area contributed by atoms with Crippen LogP contribution in [-0.4, -0.2) is 83.6 Å². The first kappa shape index (κ1) is 35.3. The van der Waals surface area contributed by atoms with Crippen molar-refractivity contribution in [2.75, 3.05) is 0 Å². The second-order valence-corrected chi connectivity index (χ2v) is 8.69. The molecule has 0 heterocycles. The van der Waals surface area contributed by atoms with Crippen LogP contribution < -0.4 is 59.1 Å². The fourth-order valence-electron chi connectivity index (χ4n) is 1.61. The van der Waals surface area contributed by atoms with E-state index in [1.165, 1.54) is 0 Å². The zero-order valence-electron chi connectivity index (χ0n) is 18.5. The number of carbonyl (C=O) groups excluding carboxylic acids is 2. The topological polar surface area (TPSA) is 270 Å². The van der Waals surface area contributed by atoms with Gasteiger partial charge in [-0.2, -0.15) is 16.8 Å². The number of rotatable bonds is 13. The molecule has 0 saturated heterocycles. The summed E-state index contributed by atoms with van der Waals surface area (Å²) >= 11 is 0. The molecule has 0 bridgehead atoms. The third kappa shape index (κ3) is 12.7. The SMILES string of the molecule is O=C(O)CC(C(=O)O)S(=O)(=O)OC(=O)CCC(=O)OS(=O)(=O)C(CC(=O)O)C(=O)O.[H-].[H-].[Na+].[Na+]. The van der Waals surface area contributed by atoms with E-state index in [0.29, 0.717) is 0 Å². The molecule has 0 aromatic rings. The monoisotopic (exact) mass is 526 g/mol. The van der Waals surface area contributed by atoms with Crippen molar-refractivity contribution in [2.45, 2.75) is 36.2 Å². The normalized spacial score (nSPS) is 12.6. The molecular formula is C12H16Na2O16S2. The van der Waals surface area contributed by atoms with Crippen LogP contribution in [0.4, 0.5) is 0 Å². The van der Waals surface area contributed by atoms with Gasteiger partial charge in [0.1, 0.15) is 0 Å². The maximum Gasteiger partial charge on any atom is 1.00 e. The Morgan fingerprint density at radius 1 is 0.625 bits per heavy atom. The summed E-state index contributed by atoms with van der Waals surface area (Å²) in [7, 11) is -10.6. The third-order valence-corrected chi connectivity index (χ3v) is 5.89. The van der Waals surface area contributed by atoms with Crippen LogP contribution in [0.5, 0.6) is 0 Å². The average molecular weight is 526 g/mol. The van der Waals surface area contributed by atoms with Crippen LogP contribution in [0.1, 0.15) is 28.5 Å². The van der Waals surface area contributed by atoms with Gasteiger partial charge >= 0.3 is 115 Å². The first-order valence-electron chi connectivity index (χ1n) is 7.31. The van der Waals surface area contributed by atoms with Crippen LogP contribution >= 0.6 is 0 Å². The fraction of sp³-hybridized carbons (Fsp3) is 0.500. The summed E-state index contributed by atoms with van der Waals surface area (Å²) in [4.78, 5) is 65.5. The molecule has 0 spiro atoms. The van der Waals surface area contributed by atoms with Gasteiger partial charge in [0.05, 0.1) is 25.7 Å². The van der Waals surface area contributed by atoms with Crippen molar-refractivity contribution in [1.82, 2.24) is 0 Å². The molecule has 0 rings (SSSR count). The molecule has 0 aliphatic heterocycles. The quantitative estimate of drug-likeness (QED) is 0.128. The Kier molecular flexibility index (Phi) is 16.3. The second-order valence-electron chi connectivity index (χ2n) is 5.25. The van der Waals surface area contributed by atoms with E-state index in [1.807, 2.05) is 0 Å². The number of hydrogen-bond acceptors (Lipinski definition) is 12. The van der Waals surface area contributed by atoms with Gasteiger partial charge in [-0.05, 0) is 0 Å². The van der Waals surface area contributed by atoms with Gasteiger partial charge in [0.15, 0.2) is 0 Å². The number of aliphatic carboxylic acids is 4. The summed E-state index contributed by atoms with van der Waals surface area (Å²) < 4.78 is 54.2. The van der Waals surface area contributed by atoms with Crippen LogP contribution in [0.2, 0.25) is 0 Å². The van der Waals surface area contributed by atoms with Crippen LogP contribution in [-0.2, 0) is 57.4 Å². The molecule has 174 valence electrons. The number of carbonyl (C=O) groups is 6. The van der Waals surface area contributed by atoms with Crippen LogP contribution in [0.25, 0.3) is 0 Å². The van der Waals surface area contributed by atoms with Crippen LogP contribution in [0, 0.1) is 0 Å². The van der Waals surface area contributed by atoms with Gasteiger partial charge in [-0.15, -0.1) is 0 Å². The van der Waals surface area contributed by atoms with Gasteiger partial charge < -0.3 is 31.6 Å². The Labute approximate surface area is 227 Å². The zero-order valence-corrected chi connectivity index (χ0v) is 22.1. The van der Waals surface area contributed by atoms with Crippen molar-refractivity contribution in [3.63, 3.8) is 0 Å². The molecule has 0 aromatic carbocycles. The molecule has 16 nitrogen and oxygen atoms in total. The van der Waals surface area contributed by atoms with Crippen molar-refractivity contribution in [1.29, 1.82) is 0 Å². The summed E-state index contributed by atoms with van der Waals surface area (Å²) in [6.07, 6.45) is -5.29. The summed E-state index contributed by atoms with van der Waals surface area (Å²) in [5.74, 6) is -11.5. The Bertz CT molecular complexity index is 886. The number of carboxylic acid groups (broad SMARTS) is 4. The Morgan fingerprint density at radius 2 is 0.875 bits per heavy atom. The predicted molar refractivity (Wildman–Crippen MR) is 88.8 cm³/mol. The van der Waals surface area contributed by atoms with Gasteiger partial charge in [0, 0.05) is 0 Å². The maximum atomic E-state index is 11.6. The molecule has 20 heteroatoms. The van der Waals surface area contributed by atoms with Crippen LogP contribution in [0.3, 0.4) is 0 Å². The van der Waals surface area contributed by atoms with E-state index >= 15 is 0 Å². The summed E-state index contributed by atoms with van der Waals surface area (Å²) in [5.41, 5.74) is 0. The van der Waals surface area contributed by atoms with Crippen molar-refractivity contribution in [3.8, 4) is 0 Å². The van der Waals surface area contributed by atoms with E-state index in [0.717, 1.165) is 0 Å². The van der Waals surface area contributed by atoms with Crippen molar-refractivity contribution < 1.29 is 136 Å². The fourth-order valence-corrected chi connectivity index (χ4v) is 3.71. The molecule has 0 amide bonds. The van der Waals surface area contributed by atoms with Gasteiger partial charge in [0.25, 0.3) is 0 Å². The molecule has 0 fully saturated rings. The number of carboxylic acids is 4. The first-order chi connectivity index (χ1) is 13.5. The molecule has 4 N–H and O–H groups in total. The molecule has 0 radical (unpaired) electrons.